The van der Waals surface area contributed by atoms with Crippen LogP contribution in [0.4, 0.5) is 0 Å². The van der Waals surface area contributed by atoms with E-state index in [-0.39, 0.29) is 0 Å². The van der Waals surface area contributed by atoms with Gasteiger partial charge in [-0.1, -0.05) is 11.6 Å². The van der Waals surface area contributed by atoms with Crippen LogP contribution >= 0.6 is 0 Å². The minimum Gasteiger partial charge on any atom is -0.402 e. The van der Waals surface area contributed by atoms with Crippen molar-refractivity contribution in [3.05, 3.63) is 23.9 Å². The Labute approximate surface area is 50.9 Å². The molecule has 2 N–H and O–H groups in total. The largest absolute Gasteiger partial charge is 0.402 e. The summed E-state index contributed by atoms with van der Waals surface area (Å²) >= 11 is 0. The maximum Gasteiger partial charge on any atom is 0.00411 e. The smallest absolute Gasteiger partial charge is 0.00411 e. The van der Waals surface area contributed by atoms with Crippen molar-refractivity contribution in [2.75, 3.05) is 0 Å². The number of rotatable bonds is 2. The lowest BCUT2D eigenvalue weighted by Crippen LogP contribution is -1.94. The minimum atomic E-state index is 0.905. The molecule has 0 radical (unpaired) electrons. The van der Waals surface area contributed by atoms with Crippen molar-refractivity contribution >= 4 is 0 Å². The van der Waals surface area contributed by atoms with Gasteiger partial charge in [-0.05, 0) is 20.3 Å². The summed E-state index contributed by atoms with van der Waals surface area (Å²) in [6.07, 6.45) is 2.76. The molecule has 0 fully saturated rings. The van der Waals surface area contributed by atoms with Crippen LogP contribution in [0.5, 0.6) is 0 Å². The topological polar surface area (TPSA) is 26.0 Å². The van der Waals surface area contributed by atoms with Crippen molar-refractivity contribution in [3.8, 4) is 0 Å². The summed E-state index contributed by atoms with van der Waals surface area (Å²) in [4.78, 5) is 0. The Morgan fingerprint density at radius 1 is 1.62 bits per heavy atom. The van der Waals surface area contributed by atoms with Gasteiger partial charge in [-0.3, -0.25) is 0 Å². The highest BCUT2D eigenvalue weighted by Gasteiger charge is 1.85. The van der Waals surface area contributed by atoms with E-state index in [0.717, 1.165) is 12.1 Å². The molecule has 46 valence electrons. The summed E-state index contributed by atoms with van der Waals surface area (Å²) < 4.78 is 0. The maximum atomic E-state index is 5.45. The zero-order valence-corrected chi connectivity index (χ0v) is 5.57. The van der Waals surface area contributed by atoms with Gasteiger partial charge in [0.2, 0.25) is 0 Å². The van der Waals surface area contributed by atoms with Crippen molar-refractivity contribution in [1.82, 2.24) is 0 Å². The van der Waals surface area contributed by atoms with Gasteiger partial charge in [0.1, 0.15) is 0 Å². The molecular weight excluding hydrogens is 98.1 g/mol. The molecule has 0 aliphatic rings. The van der Waals surface area contributed by atoms with Gasteiger partial charge in [-0.15, -0.1) is 6.58 Å². The molecule has 0 aromatic carbocycles. The first-order chi connectivity index (χ1) is 3.68. The molecule has 0 unspecified atom stereocenters. The van der Waals surface area contributed by atoms with Gasteiger partial charge in [0.05, 0.1) is 0 Å². The third kappa shape index (κ3) is 2.45. The van der Waals surface area contributed by atoms with Crippen molar-refractivity contribution < 1.29 is 0 Å². The van der Waals surface area contributed by atoms with E-state index >= 15 is 0 Å². The van der Waals surface area contributed by atoms with Crippen molar-refractivity contribution in [3.63, 3.8) is 0 Å². The predicted molar refractivity (Wildman–Crippen MR) is 37.4 cm³/mol. The Hall–Kier alpha value is -0.720. The fourth-order valence-corrected chi connectivity index (χ4v) is 0.377. The van der Waals surface area contributed by atoms with Crippen LogP contribution in [0.15, 0.2) is 23.9 Å². The van der Waals surface area contributed by atoms with Crippen LogP contribution in [0.2, 0.25) is 0 Å². The zero-order valence-electron chi connectivity index (χ0n) is 5.57. The van der Waals surface area contributed by atoms with Crippen LogP contribution in [-0.2, 0) is 0 Å². The Kier molecular flexibility index (Phi) is 3.01. The zero-order chi connectivity index (χ0) is 6.57. The van der Waals surface area contributed by atoms with Crippen LogP contribution < -0.4 is 5.73 Å². The molecule has 0 aromatic heterocycles. The second-order valence-electron chi connectivity index (χ2n) is 1.96. The number of hydrogen-bond donors (Lipinski definition) is 1. The van der Waals surface area contributed by atoms with E-state index in [9.17, 15) is 0 Å². The van der Waals surface area contributed by atoms with E-state index in [1.54, 1.807) is 0 Å². The average molecular weight is 111 g/mol. The standard InChI is InChI=1S/C7H13N/c1-4-5-6(2)7(3)8/h4H,1,5,8H2,2-3H3/b7-6+. The van der Waals surface area contributed by atoms with Crippen molar-refractivity contribution in [2.24, 2.45) is 5.73 Å². The highest BCUT2D eigenvalue weighted by Crippen LogP contribution is 2.01. The first-order valence-electron chi connectivity index (χ1n) is 2.71. The highest BCUT2D eigenvalue weighted by atomic mass is 14.6. The summed E-state index contributed by atoms with van der Waals surface area (Å²) in [6.45, 7) is 7.51. The molecule has 1 nitrogen and oxygen atoms in total. The lowest BCUT2D eigenvalue weighted by molar-refractivity contribution is 1.11. The summed E-state index contributed by atoms with van der Waals surface area (Å²) in [5.74, 6) is 0. The van der Waals surface area contributed by atoms with E-state index in [2.05, 4.69) is 6.58 Å². The van der Waals surface area contributed by atoms with Gasteiger partial charge in [0, 0.05) is 5.70 Å². The molecule has 0 saturated carbocycles. The fraction of sp³-hybridized carbons (Fsp3) is 0.429. The number of hydrogen-bond acceptors (Lipinski definition) is 1. The number of allylic oxidation sites excluding steroid dienone is 3. The third-order valence-electron chi connectivity index (χ3n) is 1.12. The molecule has 8 heavy (non-hydrogen) atoms. The normalized spacial score (nSPS) is 12.8. The van der Waals surface area contributed by atoms with Crippen LogP contribution in [0.25, 0.3) is 0 Å². The minimum absolute atomic E-state index is 0.905. The van der Waals surface area contributed by atoms with Crippen molar-refractivity contribution in [2.45, 2.75) is 20.3 Å². The molecule has 0 spiro atoms. The van der Waals surface area contributed by atoms with Gasteiger partial charge in [-0.2, -0.15) is 0 Å². The van der Waals surface area contributed by atoms with Crippen LogP contribution in [-0.4, -0.2) is 0 Å². The van der Waals surface area contributed by atoms with Crippen LogP contribution in [0, 0.1) is 0 Å². The average Bonchev–Trinajstić information content (AvgIpc) is 1.67. The predicted octanol–water partition coefficient (Wildman–Crippen LogP) is 1.82. The fourth-order valence-electron chi connectivity index (χ4n) is 0.377. The monoisotopic (exact) mass is 111 g/mol. The van der Waals surface area contributed by atoms with Gasteiger partial charge in [-0.25, -0.2) is 0 Å². The lowest BCUT2D eigenvalue weighted by atomic mass is 10.2. The second kappa shape index (κ2) is 3.30. The van der Waals surface area contributed by atoms with E-state index in [1.165, 1.54) is 5.57 Å². The molecule has 0 bridgehead atoms. The van der Waals surface area contributed by atoms with E-state index in [0.29, 0.717) is 0 Å². The second-order valence-corrected chi connectivity index (χ2v) is 1.96. The highest BCUT2D eigenvalue weighted by molar-refractivity contribution is 5.08. The molecule has 1 heteroatoms. The van der Waals surface area contributed by atoms with Gasteiger partial charge >= 0.3 is 0 Å². The van der Waals surface area contributed by atoms with Crippen LogP contribution in [0.1, 0.15) is 20.3 Å². The summed E-state index contributed by atoms with van der Waals surface area (Å²) in [6, 6.07) is 0. The third-order valence-corrected chi connectivity index (χ3v) is 1.12. The Balaban J connectivity index is 3.79. The van der Waals surface area contributed by atoms with Gasteiger partial charge < -0.3 is 5.73 Å². The van der Waals surface area contributed by atoms with E-state index in [1.807, 2.05) is 19.9 Å². The Morgan fingerprint density at radius 2 is 2.12 bits per heavy atom. The summed E-state index contributed by atoms with van der Waals surface area (Å²) in [5, 5.41) is 0. The summed E-state index contributed by atoms with van der Waals surface area (Å²) in [7, 11) is 0. The Morgan fingerprint density at radius 3 is 2.25 bits per heavy atom. The van der Waals surface area contributed by atoms with Crippen LogP contribution in [0.3, 0.4) is 0 Å². The molecule has 0 amide bonds. The molecule has 0 heterocycles. The molecule has 0 saturated heterocycles. The molecule has 0 atom stereocenters. The van der Waals surface area contributed by atoms with Crippen molar-refractivity contribution in [1.29, 1.82) is 0 Å². The lowest BCUT2D eigenvalue weighted by Gasteiger charge is -1.96. The maximum absolute atomic E-state index is 5.45. The quantitative estimate of drug-likeness (QED) is 0.540. The first kappa shape index (κ1) is 7.28. The SMILES string of the molecule is C=CC/C(C)=C(\C)N. The molecule has 0 aliphatic carbocycles. The number of nitrogens with two attached hydrogens (primary N) is 1. The van der Waals surface area contributed by atoms with E-state index < -0.39 is 0 Å². The Bertz CT molecular complexity index is 108. The van der Waals surface area contributed by atoms with Gasteiger partial charge in [0.25, 0.3) is 0 Å². The molecule has 0 aromatic rings. The first-order valence-corrected chi connectivity index (χ1v) is 2.71. The summed E-state index contributed by atoms with van der Waals surface area (Å²) in [5.41, 5.74) is 7.57. The van der Waals surface area contributed by atoms with E-state index in [4.69, 9.17) is 5.73 Å². The van der Waals surface area contributed by atoms with Gasteiger partial charge in [0.15, 0.2) is 0 Å². The molecular formula is C7H13N. The molecule has 0 aliphatic heterocycles. The molecule has 0 rings (SSSR count).